The van der Waals surface area contributed by atoms with Crippen LogP contribution in [0.5, 0.6) is 0 Å². The van der Waals surface area contributed by atoms with Gasteiger partial charge in [-0.3, -0.25) is 4.90 Å². The van der Waals surface area contributed by atoms with Crippen LogP contribution in [-0.2, 0) is 11.3 Å². The minimum Gasteiger partial charge on any atom is -0.399 e. The first-order valence-corrected chi connectivity index (χ1v) is 6.40. The number of hydrogen-bond donors (Lipinski definition) is 1. The summed E-state index contributed by atoms with van der Waals surface area (Å²) in [5.74, 6) is 0. The monoisotopic (exact) mass is 232 g/mol. The van der Waals surface area contributed by atoms with Gasteiger partial charge >= 0.3 is 0 Å². The molecule has 2 heterocycles. The van der Waals surface area contributed by atoms with Gasteiger partial charge in [0.25, 0.3) is 0 Å². The molecule has 1 aromatic rings. The molecule has 0 bridgehead atoms. The van der Waals surface area contributed by atoms with Crippen molar-refractivity contribution in [1.82, 2.24) is 4.90 Å². The molecule has 2 aliphatic heterocycles. The molecule has 3 nitrogen and oxygen atoms in total. The molecule has 0 atom stereocenters. The van der Waals surface area contributed by atoms with Crippen LogP contribution >= 0.6 is 0 Å². The topological polar surface area (TPSA) is 38.5 Å². The zero-order valence-corrected chi connectivity index (χ0v) is 10.2. The molecule has 1 spiro atoms. The van der Waals surface area contributed by atoms with Crippen LogP contribution in [0.25, 0.3) is 0 Å². The van der Waals surface area contributed by atoms with Gasteiger partial charge in [-0.15, -0.1) is 0 Å². The van der Waals surface area contributed by atoms with Crippen molar-refractivity contribution in [3.05, 3.63) is 29.8 Å². The minimum absolute atomic E-state index is 0.539. The van der Waals surface area contributed by atoms with E-state index in [-0.39, 0.29) is 0 Å². The standard InChI is InChI=1S/C14H20N2O/c15-13-3-1-12(2-4-13)9-16-7-5-14(6-8-16)10-17-11-14/h1-4H,5-11,15H2. The Kier molecular flexibility index (Phi) is 2.81. The Balaban J connectivity index is 1.55. The summed E-state index contributed by atoms with van der Waals surface area (Å²) in [6, 6.07) is 8.24. The highest BCUT2D eigenvalue weighted by atomic mass is 16.5. The number of nitrogens with zero attached hydrogens (tertiary/aromatic N) is 1. The highest BCUT2D eigenvalue weighted by Gasteiger charge is 2.40. The summed E-state index contributed by atoms with van der Waals surface area (Å²) in [6.45, 7) is 5.43. The first kappa shape index (κ1) is 11.1. The number of nitrogens with two attached hydrogens (primary N) is 1. The van der Waals surface area contributed by atoms with Crippen LogP contribution < -0.4 is 5.73 Å². The highest BCUT2D eigenvalue weighted by molar-refractivity contribution is 5.39. The number of benzene rings is 1. The smallest absolute Gasteiger partial charge is 0.0545 e. The number of nitrogen functional groups attached to an aromatic ring is 1. The molecule has 3 heteroatoms. The van der Waals surface area contributed by atoms with E-state index in [1.165, 1.54) is 31.5 Å². The molecule has 0 aromatic heterocycles. The van der Waals surface area contributed by atoms with Crippen molar-refractivity contribution in [2.75, 3.05) is 32.0 Å². The first-order chi connectivity index (χ1) is 8.26. The highest BCUT2D eigenvalue weighted by Crippen LogP contribution is 2.38. The van der Waals surface area contributed by atoms with Gasteiger partial charge in [0.1, 0.15) is 0 Å². The Labute approximate surface area is 103 Å². The molecule has 2 saturated heterocycles. The quantitative estimate of drug-likeness (QED) is 0.791. The molecule has 2 N–H and O–H groups in total. The van der Waals surface area contributed by atoms with E-state index in [1.807, 2.05) is 12.1 Å². The molecule has 0 aliphatic carbocycles. The second-order valence-electron chi connectivity index (χ2n) is 5.51. The normalized spacial score (nSPS) is 23.5. The average molecular weight is 232 g/mol. The maximum Gasteiger partial charge on any atom is 0.0545 e. The zero-order valence-electron chi connectivity index (χ0n) is 10.2. The van der Waals surface area contributed by atoms with Gasteiger partial charge in [-0.1, -0.05) is 12.1 Å². The van der Waals surface area contributed by atoms with E-state index in [0.29, 0.717) is 5.41 Å². The zero-order chi connectivity index (χ0) is 11.7. The number of likely N-dealkylation sites (tertiary alicyclic amines) is 1. The van der Waals surface area contributed by atoms with Gasteiger partial charge in [-0.2, -0.15) is 0 Å². The van der Waals surface area contributed by atoms with Crippen LogP contribution in [0.3, 0.4) is 0 Å². The molecular weight excluding hydrogens is 212 g/mol. The van der Waals surface area contributed by atoms with Crippen molar-refractivity contribution >= 4 is 5.69 Å². The third-order valence-corrected chi connectivity index (χ3v) is 4.12. The third kappa shape index (κ3) is 2.31. The van der Waals surface area contributed by atoms with E-state index in [0.717, 1.165) is 25.4 Å². The molecular formula is C14H20N2O. The van der Waals surface area contributed by atoms with Gasteiger partial charge in [0, 0.05) is 17.6 Å². The van der Waals surface area contributed by atoms with Gasteiger partial charge in [0.15, 0.2) is 0 Å². The molecule has 0 radical (unpaired) electrons. The van der Waals surface area contributed by atoms with Crippen molar-refractivity contribution in [3.8, 4) is 0 Å². The van der Waals surface area contributed by atoms with E-state index < -0.39 is 0 Å². The lowest BCUT2D eigenvalue weighted by Gasteiger charge is -2.47. The summed E-state index contributed by atoms with van der Waals surface area (Å²) in [6.07, 6.45) is 2.59. The van der Waals surface area contributed by atoms with Gasteiger partial charge in [0.2, 0.25) is 0 Å². The lowest BCUT2D eigenvalue weighted by Crippen LogP contribution is -2.50. The predicted octanol–water partition coefficient (Wildman–Crippen LogP) is 1.88. The second kappa shape index (κ2) is 4.31. The van der Waals surface area contributed by atoms with E-state index in [2.05, 4.69) is 17.0 Å². The van der Waals surface area contributed by atoms with E-state index in [1.54, 1.807) is 0 Å². The van der Waals surface area contributed by atoms with Gasteiger partial charge in [-0.05, 0) is 43.6 Å². The second-order valence-corrected chi connectivity index (χ2v) is 5.51. The van der Waals surface area contributed by atoms with Crippen LogP contribution in [0.1, 0.15) is 18.4 Å². The van der Waals surface area contributed by atoms with Crippen molar-refractivity contribution in [1.29, 1.82) is 0 Å². The summed E-state index contributed by atoms with van der Waals surface area (Å²) in [4.78, 5) is 2.54. The molecule has 92 valence electrons. The van der Waals surface area contributed by atoms with Crippen molar-refractivity contribution < 1.29 is 4.74 Å². The van der Waals surface area contributed by atoms with Crippen molar-refractivity contribution in [2.24, 2.45) is 5.41 Å². The van der Waals surface area contributed by atoms with Gasteiger partial charge in [-0.25, -0.2) is 0 Å². The Morgan fingerprint density at radius 3 is 2.29 bits per heavy atom. The maximum atomic E-state index is 5.69. The third-order valence-electron chi connectivity index (χ3n) is 4.12. The molecule has 0 saturated carbocycles. The van der Waals surface area contributed by atoms with Gasteiger partial charge < -0.3 is 10.5 Å². The first-order valence-electron chi connectivity index (χ1n) is 6.40. The number of hydrogen-bond acceptors (Lipinski definition) is 3. The number of anilines is 1. The van der Waals surface area contributed by atoms with Crippen LogP contribution in [0.2, 0.25) is 0 Å². The predicted molar refractivity (Wildman–Crippen MR) is 68.6 cm³/mol. The molecule has 0 amide bonds. The summed E-state index contributed by atoms with van der Waals surface area (Å²) < 4.78 is 5.35. The average Bonchev–Trinajstić information content (AvgIpc) is 2.31. The molecule has 3 rings (SSSR count). The lowest BCUT2D eigenvalue weighted by atomic mass is 9.77. The van der Waals surface area contributed by atoms with Crippen molar-refractivity contribution in [2.45, 2.75) is 19.4 Å². The summed E-state index contributed by atoms with van der Waals surface area (Å²) in [5.41, 5.74) is 8.44. The fraction of sp³-hybridized carbons (Fsp3) is 0.571. The lowest BCUT2D eigenvalue weighted by molar-refractivity contribution is -0.140. The van der Waals surface area contributed by atoms with Gasteiger partial charge in [0.05, 0.1) is 13.2 Å². The summed E-state index contributed by atoms with van der Waals surface area (Å²) in [7, 11) is 0. The van der Waals surface area contributed by atoms with Crippen molar-refractivity contribution in [3.63, 3.8) is 0 Å². The SMILES string of the molecule is Nc1ccc(CN2CCC3(CC2)COC3)cc1. The maximum absolute atomic E-state index is 5.69. The Morgan fingerprint density at radius 2 is 1.76 bits per heavy atom. The summed E-state index contributed by atoms with van der Waals surface area (Å²) in [5, 5.41) is 0. The van der Waals surface area contributed by atoms with E-state index in [9.17, 15) is 0 Å². The molecule has 2 aliphatic rings. The molecule has 0 unspecified atom stereocenters. The van der Waals surface area contributed by atoms with E-state index >= 15 is 0 Å². The fourth-order valence-electron chi connectivity index (χ4n) is 2.75. The van der Waals surface area contributed by atoms with Crippen LogP contribution in [0.4, 0.5) is 5.69 Å². The molecule has 2 fully saturated rings. The van der Waals surface area contributed by atoms with Crippen LogP contribution in [0.15, 0.2) is 24.3 Å². The minimum atomic E-state index is 0.539. The van der Waals surface area contributed by atoms with Crippen LogP contribution in [0, 0.1) is 5.41 Å². The largest absolute Gasteiger partial charge is 0.399 e. The fourth-order valence-corrected chi connectivity index (χ4v) is 2.75. The summed E-state index contributed by atoms with van der Waals surface area (Å²) >= 11 is 0. The number of rotatable bonds is 2. The van der Waals surface area contributed by atoms with E-state index in [4.69, 9.17) is 10.5 Å². The van der Waals surface area contributed by atoms with Crippen LogP contribution in [-0.4, -0.2) is 31.2 Å². The number of piperidine rings is 1. The Morgan fingerprint density at radius 1 is 1.12 bits per heavy atom. The number of ether oxygens (including phenoxy) is 1. The molecule has 17 heavy (non-hydrogen) atoms. The Bertz CT molecular complexity index is 374. The molecule has 1 aromatic carbocycles. The Hall–Kier alpha value is -1.06.